The molecule has 1 aromatic rings. The molecule has 1 amide bonds. The predicted octanol–water partition coefficient (Wildman–Crippen LogP) is 2.50. The maximum absolute atomic E-state index is 11.9. The third kappa shape index (κ3) is 4.49. The summed E-state index contributed by atoms with van der Waals surface area (Å²) >= 11 is 3.35. The Kier molecular flexibility index (Phi) is 5.86. The fourth-order valence-corrected chi connectivity index (χ4v) is 2.81. The van der Waals surface area contributed by atoms with Crippen LogP contribution in [0.4, 0.5) is 0 Å². The molecule has 0 spiro atoms. The Morgan fingerprint density at radius 2 is 2.00 bits per heavy atom. The minimum absolute atomic E-state index is 0.0102. The van der Waals surface area contributed by atoms with E-state index in [1.54, 1.807) is 0 Å². The molecule has 0 radical (unpaired) electrons. The van der Waals surface area contributed by atoms with Gasteiger partial charge in [0, 0.05) is 23.0 Å². The Bertz CT molecular complexity index is 435. The third-order valence-electron chi connectivity index (χ3n) is 3.67. The first-order valence-corrected chi connectivity index (χ1v) is 7.77. The van der Waals surface area contributed by atoms with Gasteiger partial charge in [-0.15, -0.1) is 0 Å². The van der Waals surface area contributed by atoms with Crippen molar-refractivity contribution in [3.63, 3.8) is 0 Å². The minimum atomic E-state index is -0.127. The number of ether oxygens (including phenoxy) is 1. The number of amides is 1. The van der Waals surface area contributed by atoms with Gasteiger partial charge in [-0.05, 0) is 37.1 Å². The van der Waals surface area contributed by atoms with E-state index in [1.165, 1.54) is 0 Å². The Hall–Kier alpha value is -1.07. The number of hydrogen-bond acceptors (Lipinski definition) is 3. The number of hydrogen-bond donors (Lipinski definition) is 2. The number of halogens is 1. The SMILES string of the molecule is O=C(COc1ccc(Br)cc1)NC1CCCCC1CO. The summed E-state index contributed by atoms with van der Waals surface area (Å²) in [5, 5.41) is 12.3. The zero-order valence-corrected chi connectivity index (χ0v) is 12.9. The van der Waals surface area contributed by atoms with Crippen molar-refractivity contribution in [3.05, 3.63) is 28.7 Å². The van der Waals surface area contributed by atoms with Crippen LogP contribution in [0.5, 0.6) is 5.75 Å². The summed E-state index contributed by atoms with van der Waals surface area (Å²) in [4.78, 5) is 11.9. The molecule has 20 heavy (non-hydrogen) atoms. The molecule has 0 saturated heterocycles. The number of benzene rings is 1. The van der Waals surface area contributed by atoms with Gasteiger partial charge >= 0.3 is 0 Å². The molecule has 1 aromatic carbocycles. The van der Waals surface area contributed by atoms with Gasteiger partial charge in [-0.2, -0.15) is 0 Å². The maximum Gasteiger partial charge on any atom is 0.258 e. The van der Waals surface area contributed by atoms with Crippen LogP contribution in [-0.4, -0.2) is 30.3 Å². The summed E-state index contributed by atoms with van der Waals surface area (Å²) < 4.78 is 6.41. The Morgan fingerprint density at radius 3 is 2.70 bits per heavy atom. The molecule has 1 saturated carbocycles. The highest BCUT2D eigenvalue weighted by Crippen LogP contribution is 2.24. The van der Waals surface area contributed by atoms with E-state index in [0.717, 1.165) is 30.2 Å². The smallest absolute Gasteiger partial charge is 0.258 e. The number of rotatable bonds is 5. The second kappa shape index (κ2) is 7.64. The molecule has 2 atom stereocenters. The van der Waals surface area contributed by atoms with Crippen molar-refractivity contribution in [1.82, 2.24) is 5.32 Å². The van der Waals surface area contributed by atoms with Gasteiger partial charge in [0.25, 0.3) is 5.91 Å². The second-order valence-corrected chi connectivity index (χ2v) is 6.06. The first-order chi connectivity index (χ1) is 9.69. The van der Waals surface area contributed by atoms with Crippen LogP contribution in [0, 0.1) is 5.92 Å². The summed E-state index contributed by atoms with van der Waals surface area (Å²) in [7, 11) is 0. The van der Waals surface area contributed by atoms with E-state index >= 15 is 0 Å². The third-order valence-corrected chi connectivity index (χ3v) is 4.20. The highest BCUT2D eigenvalue weighted by Gasteiger charge is 2.25. The summed E-state index contributed by atoms with van der Waals surface area (Å²) in [6.45, 7) is 0.148. The Labute approximate surface area is 127 Å². The zero-order chi connectivity index (χ0) is 14.4. The largest absolute Gasteiger partial charge is 0.484 e. The van der Waals surface area contributed by atoms with Gasteiger partial charge in [-0.1, -0.05) is 28.8 Å². The molecule has 0 bridgehead atoms. The summed E-state index contributed by atoms with van der Waals surface area (Å²) in [6.07, 6.45) is 4.16. The van der Waals surface area contributed by atoms with Gasteiger partial charge in [-0.25, -0.2) is 0 Å². The zero-order valence-electron chi connectivity index (χ0n) is 11.3. The van der Waals surface area contributed by atoms with E-state index < -0.39 is 0 Å². The molecule has 2 unspecified atom stereocenters. The standard InChI is InChI=1S/C15H20BrNO3/c16-12-5-7-13(8-6-12)20-10-15(19)17-14-4-2-1-3-11(14)9-18/h5-8,11,14,18H,1-4,9-10H2,(H,17,19). The van der Waals surface area contributed by atoms with Crippen LogP contribution in [0.3, 0.4) is 0 Å². The van der Waals surface area contributed by atoms with Gasteiger partial charge < -0.3 is 15.2 Å². The van der Waals surface area contributed by atoms with Crippen LogP contribution < -0.4 is 10.1 Å². The minimum Gasteiger partial charge on any atom is -0.484 e. The molecule has 4 nitrogen and oxygen atoms in total. The number of aliphatic hydroxyl groups is 1. The predicted molar refractivity (Wildman–Crippen MR) is 80.6 cm³/mol. The van der Waals surface area contributed by atoms with Crippen LogP contribution in [0.2, 0.25) is 0 Å². The van der Waals surface area contributed by atoms with Gasteiger partial charge in [0.1, 0.15) is 5.75 Å². The van der Waals surface area contributed by atoms with E-state index in [2.05, 4.69) is 21.2 Å². The Morgan fingerprint density at radius 1 is 1.30 bits per heavy atom. The van der Waals surface area contributed by atoms with Gasteiger partial charge in [0.05, 0.1) is 0 Å². The topological polar surface area (TPSA) is 58.6 Å². The van der Waals surface area contributed by atoms with E-state index in [0.29, 0.717) is 5.75 Å². The van der Waals surface area contributed by atoms with Crippen molar-refractivity contribution in [1.29, 1.82) is 0 Å². The van der Waals surface area contributed by atoms with Crippen LogP contribution in [0.25, 0.3) is 0 Å². The van der Waals surface area contributed by atoms with Crippen molar-refractivity contribution >= 4 is 21.8 Å². The summed E-state index contributed by atoms with van der Waals surface area (Å²) in [5.41, 5.74) is 0. The highest BCUT2D eigenvalue weighted by molar-refractivity contribution is 9.10. The molecular formula is C15H20BrNO3. The van der Waals surface area contributed by atoms with Crippen molar-refractivity contribution in [3.8, 4) is 5.75 Å². The number of nitrogens with one attached hydrogen (secondary N) is 1. The second-order valence-electron chi connectivity index (χ2n) is 5.14. The molecule has 2 rings (SSSR count). The molecule has 2 N–H and O–H groups in total. The van der Waals surface area contributed by atoms with Crippen molar-refractivity contribution in [2.45, 2.75) is 31.7 Å². The lowest BCUT2D eigenvalue weighted by Crippen LogP contribution is -2.45. The molecule has 110 valence electrons. The van der Waals surface area contributed by atoms with Crippen LogP contribution in [0.1, 0.15) is 25.7 Å². The van der Waals surface area contributed by atoms with Crippen molar-refractivity contribution < 1.29 is 14.6 Å². The molecule has 0 aromatic heterocycles. The normalized spacial score (nSPS) is 22.3. The van der Waals surface area contributed by atoms with Gasteiger partial charge in [0.2, 0.25) is 0 Å². The molecule has 1 aliphatic rings. The van der Waals surface area contributed by atoms with Crippen LogP contribution in [0.15, 0.2) is 28.7 Å². The molecule has 1 fully saturated rings. The monoisotopic (exact) mass is 341 g/mol. The highest BCUT2D eigenvalue weighted by atomic mass is 79.9. The summed E-state index contributed by atoms with van der Waals surface area (Å²) in [6, 6.07) is 7.45. The first-order valence-electron chi connectivity index (χ1n) is 6.97. The molecule has 0 aliphatic heterocycles. The fraction of sp³-hybridized carbons (Fsp3) is 0.533. The lowest BCUT2D eigenvalue weighted by Gasteiger charge is -2.30. The van der Waals surface area contributed by atoms with E-state index in [4.69, 9.17) is 4.74 Å². The molecule has 0 heterocycles. The maximum atomic E-state index is 11.9. The summed E-state index contributed by atoms with van der Waals surface area (Å²) in [5.74, 6) is 0.726. The van der Waals surface area contributed by atoms with E-state index in [9.17, 15) is 9.90 Å². The van der Waals surface area contributed by atoms with Crippen LogP contribution >= 0.6 is 15.9 Å². The number of carbonyl (C=O) groups is 1. The van der Waals surface area contributed by atoms with E-state index in [-0.39, 0.29) is 31.1 Å². The van der Waals surface area contributed by atoms with Crippen molar-refractivity contribution in [2.75, 3.05) is 13.2 Å². The van der Waals surface area contributed by atoms with Crippen molar-refractivity contribution in [2.24, 2.45) is 5.92 Å². The fourth-order valence-electron chi connectivity index (χ4n) is 2.54. The van der Waals surface area contributed by atoms with Crippen LogP contribution in [-0.2, 0) is 4.79 Å². The Balaban J connectivity index is 1.78. The average Bonchev–Trinajstić information content (AvgIpc) is 2.47. The number of aliphatic hydroxyl groups excluding tert-OH is 1. The average molecular weight is 342 g/mol. The molecule has 1 aliphatic carbocycles. The van der Waals surface area contributed by atoms with Gasteiger partial charge in [-0.3, -0.25) is 4.79 Å². The van der Waals surface area contributed by atoms with E-state index in [1.807, 2.05) is 24.3 Å². The van der Waals surface area contributed by atoms with Gasteiger partial charge in [0.15, 0.2) is 6.61 Å². The number of carbonyl (C=O) groups excluding carboxylic acids is 1. The molecular weight excluding hydrogens is 322 g/mol. The first kappa shape index (κ1) is 15.3. The molecule has 5 heteroatoms. The lowest BCUT2D eigenvalue weighted by atomic mass is 9.85. The lowest BCUT2D eigenvalue weighted by molar-refractivity contribution is -0.124. The quantitative estimate of drug-likeness (QED) is 0.864.